The van der Waals surface area contributed by atoms with E-state index in [2.05, 4.69) is 20.8 Å². The molecule has 0 aliphatic carbocycles. The highest BCUT2D eigenvalue weighted by molar-refractivity contribution is 7.87. The topological polar surface area (TPSA) is 71.4 Å². The number of hydrogen-bond donors (Lipinski definition) is 1. The summed E-state index contributed by atoms with van der Waals surface area (Å²) < 4.78 is 30.2. The summed E-state index contributed by atoms with van der Waals surface area (Å²) in [6.07, 6.45) is 5.98. The van der Waals surface area contributed by atoms with E-state index in [1.807, 2.05) is 0 Å². The maximum Gasteiger partial charge on any atom is 0.270 e. The molecule has 0 spiro atoms. The van der Waals surface area contributed by atoms with Crippen LogP contribution in [0.2, 0.25) is 0 Å². The fourth-order valence-corrected chi connectivity index (χ4v) is 2.51. The molecule has 5 heteroatoms. The summed E-state index contributed by atoms with van der Waals surface area (Å²) in [5.41, 5.74) is 0.324. The Morgan fingerprint density at radius 2 is 1.29 bits per heavy atom. The number of unbranched alkanes of at least 4 members (excludes halogenated alkanes) is 2. The van der Waals surface area contributed by atoms with E-state index in [-0.39, 0.29) is 5.78 Å². The smallest absolute Gasteiger partial charge is 0.270 e. The van der Waals surface area contributed by atoms with Crippen LogP contribution in [0.1, 0.15) is 86.0 Å². The van der Waals surface area contributed by atoms with E-state index in [0.29, 0.717) is 37.5 Å². The van der Waals surface area contributed by atoms with Gasteiger partial charge in [0.2, 0.25) is 0 Å². The van der Waals surface area contributed by atoms with Crippen molar-refractivity contribution in [3.05, 3.63) is 0 Å². The molecule has 0 aromatic carbocycles. The summed E-state index contributed by atoms with van der Waals surface area (Å²) in [7, 11) is -4.02. The molecule has 0 atom stereocenters. The van der Waals surface area contributed by atoms with E-state index in [1.54, 1.807) is 0 Å². The zero-order valence-electron chi connectivity index (χ0n) is 14.2. The number of carbonyl (C=O) groups excluding carboxylic acids is 1. The van der Waals surface area contributed by atoms with E-state index in [0.717, 1.165) is 19.3 Å². The Morgan fingerprint density at radius 1 is 0.857 bits per heavy atom. The first kappa shape index (κ1) is 20.6. The standard InChI is InChI=1S/C16H32O4S/c1-15(2,3)12-8-6-10-14(17)11-7-9-13-16(4,5)21(18,19)20/h6-13H2,1-5H3,(H,18,19,20). The molecule has 0 heterocycles. The predicted molar refractivity (Wildman–Crippen MR) is 87.0 cm³/mol. The van der Waals surface area contributed by atoms with Crippen molar-refractivity contribution in [1.82, 2.24) is 0 Å². The molecule has 0 fully saturated rings. The molecule has 0 unspecified atom stereocenters. The second-order valence-corrected chi connectivity index (χ2v) is 9.80. The third-order valence-corrected chi connectivity index (χ3v) is 5.42. The molecule has 0 aromatic heterocycles. The number of rotatable bonds is 10. The van der Waals surface area contributed by atoms with Gasteiger partial charge in [-0.2, -0.15) is 8.42 Å². The molecular weight excluding hydrogens is 288 g/mol. The maximum atomic E-state index is 11.7. The largest absolute Gasteiger partial charge is 0.300 e. The van der Waals surface area contributed by atoms with Crippen molar-refractivity contribution in [3.63, 3.8) is 0 Å². The van der Waals surface area contributed by atoms with E-state index in [4.69, 9.17) is 4.55 Å². The van der Waals surface area contributed by atoms with Crippen LogP contribution in [0.5, 0.6) is 0 Å². The highest BCUT2D eigenvalue weighted by Crippen LogP contribution is 2.24. The minimum atomic E-state index is -4.02. The molecule has 0 bridgehead atoms. The van der Waals surface area contributed by atoms with Gasteiger partial charge in [-0.3, -0.25) is 9.35 Å². The van der Waals surface area contributed by atoms with Crippen molar-refractivity contribution in [3.8, 4) is 0 Å². The highest BCUT2D eigenvalue weighted by Gasteiger charge is 2.31. The number of ketones is 1. The Bertz CT molecular complexity index is 416. The third-order valence-electron chi connectivity index (χ3n) is 3.82. The molecule has 0 aromatic rings. The van der Waals surface area contributed by atoms with Crippen LogP contribution in [-0.2, 0) is 14.9 Å². The number of carbonyl (C=O) groups is 1. The van der Waals surface area contributed by atoms with Gasteiger partial charge in [0.25, 0.3) is 10.1 Å². The monoisotopic (exact) mass is 320 g/mol. The van der Waals surface area contributed by atoms with Gasteiger partial charge in [0.15, 0.2) is 0 Å². The van der Waals surface area contributed by atoms with Crippen LogP contribution in [0.25, 0.3) is 0 Å². The molecule has 1 N–H and O–H groups in total. The lowest BCUT2D eigenvalue weighted by molar-refractivity contribution is -0.119. The van der Waals surface area contributed by atoms with Gasteiger partial charge >= 0.3 is 0 Å². The summed E-state index contributed by atoms with van der Waals surface area (Å²) in [5, 5.41) is 0. The van der Waals surface area contributed by atoms with Crippen LogP contribution in [0.3, 0.4) is 0 Å². The van der Waals surface area contributed by atoms with Crippen molar-refractivity contribution in [2.75, 3.05) is 0 Å². The second-order valence-electron chi connectivity index (χ2n) is 7.75. The van der Waals surface area contributed by atoms with Crippen molar-refractivity contribution in [2.45, 2.75) is 90.7 Å². The van der Waals surface area contributed by atoms with Crippen LogP contribution >= 0.6 is 0 Å². The van der Waals surface area contributed by atoms with Crippen LogP contribution in [-0.4, -0.2) is 23.5 Å². The van der Waals surface area contributed by atoms with Crippen LogP contribution in [0.4, 0.5) is 0 Å². The maximum absolute atomic E-state index is 11.7. The van der Waals surface area contributed by atoms with Gasteiger partial charge in [-0.25, -0.2) is 0 Å². The predicted octanol–water partition coefficient (Wildman–Crippen LogP) is 4.39. The minimum absolute atomic E-state index is 0.258. The lowest BCUT2D eigenvalue weighted by Gasteiger charge is -2.20. The molecule has 0 aliphatic rings. The van der Waals surface area contributed by atoms with Crippen LogP contribution in [0.15, 0.2) is 0 Å². The summed E-state index contributed by atoms with van der Waals surface area (Å²) in [4.78, 5) is 11.7. The van der Waals surface area contributed by atoms with Crippen molar-refractivity contribution in [2.24, 2.45) is 5.41 Å². The molecule has 0 saturated heterocycles. The molecule has 0 rings (SSSR count). The normalized spacial score (nSPS) is 13.4. The van der Waals surface area contributed by atoms with Crippen molar-refractivity contribution >= 4 is 15.9 Å². The average molecular weight is 320 g/mol. The van der Waals surface area contributed by atoms with E-state index >= 15 is 0 Å². The van der Waals surface area contributed by atoms with Crippen LogP contribution < -0.4 is 0 Å². The summed E-state index contributed by atoms with van der Waals surface area (Å²) in [5.74, 6) is 0.258. The fourth-order valence-electron chi connectivity index (χ4n) is 2.10. The van der Waals surface area contributed by atoms with Gasteiger partial charge in [0, 0.05) is 12.8 Å². The van der Waals surface area contributed by atoms with Gasteiger partial charge in [-0.1, -0.05) is 33.6 Å². The van der Waals surface area contributed by atoms with Crippen molar-refractivity contribution in [1.29, 1.82) is 0 Å². The molecule has 0 saturated carbocycles. The summed E-state index contributed by atoms with van der Waals surface area (Å²) in [6, 6.07) is 0. The number of Topliss-reactive ketones (excluding diaryl/α,β-unsaturated/α-hetero) is 1. The highest BCUT2D eigenvalue weighted by atomic mass is 32.2. The van der Waals surface area contributed by atoms with Gasteiger partial charge in [-0.05, 0) is 44.9 Å². The zero-order valence-corrected chi connectivity index (χ0v) is 15.1. The fraction of sp³-hybridized carbons (Fsp3) is 0.938. The average Bonchev–Trinajstić information content (AvgIpc) is 2.27. The Hall–Kier alpha value is -0.420. The lowest BCUT2D eigenvalue weighted by atomic mass is 9.89. The SMILES string of the molecule is CC(C)(C)CCCCC(=O)CCCCC(C)(C)S(=O)(=O)O. The van der Waals surface area contributed by atoms with E-state index in [9.17, 15) is 13.2 Å². The van der Waals surface area contributed by atoms with E-state index in [1.165, 1.54) is 13.8 Å². The molecule has 0 aliphatic heterocycles. The third kappa shape index (κ3) is 10.0. The van der Waals surface area contributed by atoms with Crippen LogP contribution in [0, 0.1) is 5.41 Å². The molecule has 4 nitrogen and oxygen atoms in total. The van der Waals surface area contributed by atoms with Crippen molar-refractivity contribution < 1.29 is 17.8 Å². The molecule has 0 amide bonds. The lowest BCUT2D eigenvalue weighted by Crippen LogP contribution is -2.31. The second kappa shape index (κ2) is 8.28. The quantitative estimate of drug-likeness (QED) is 0.478. The molecule has 21 heavy (non-hydrogen) atoms. The van der Waals surface area contributed by atoms with E-state index < -0.39 is 14.9 Å². The molecular formula is C16H32O4S. The first-order valence-corrected chi connectivity index (χ1v) is 9.28. The van der Waals surface area contributed by atoms with Gasteiger partial charge in [0.05, 0.1) is 4.75 Å². The summed E-state index contributed by atoms with van der Waals surface area (Å²) in [6.45, 7) is 9.62. The number of hydrogen-bond acceptors (Lipinski definition) is 3. The van der Waals surface area contributed by atoms with Gasteiger partial charge in [0.1, 0.15) is 5.78 Å². The first-order valence-electron chi connectivity index (χ1n) is 7.84. The molecule has 0 radical (unpaired) electrons. The Balaban J connectivity index is 3.77. The minimum Gasteiger partial charge on any atom is -0.300 e. The zero-order chi connectivity index (χ0) is 16.7. The van der Waals surface area contributed by atoms with Gasteiger partial charge < -0.3 is 0 Å². The Labute approximate surface area is 130 Å². The first-order chi connectivity index (χ1) is 9.35. The summed E-state index contributed by atoms with van der Waals surface area (Å²) >= 11 is 0. The van der Waals surface area contributed by atoms with Gasteiger partial charge in [-0.15, -0.1) is 0 Å². The Morgan fingerprint density at radius 3 is 1.67 bits per heavy atom. The Kier molecular flexibility index (Phi) is 8.11. The molecule has 126 valence electrons.